The SMILES string of the molecule is CNC(=O)C1CCCCN1C(=O)C1CC1N. The Hall–Kier alpha value is -1.10. The molecule has 2 amide bonds. The molecule has 0 bridgehead atoms. The minimum Gasteiger partial charge on any atom is -0.357 e. The molecule has 1 aliphatic heterocycles. The van der Waals surface area contributed by atoms with Crippen molar-refractivity contribution in [2.45, 2.75) is 37.8 Å². The van der Waals surface area contributed by atoms with Gasteiger partial charge in [0.2, 0.25) is 11.8 Å². The maximum absolute atomic E-state index is 12.1. The van der Waals surface area contributed by atoms with E-state index in [1.165, 1.54) is 0 Å². The van der Waals surface area contributed by atoms with Gasteiger partial charge < -0.3 is 16.0 Å². The first-order chi connectivity index (χ1) is 7.65. The summed E-state index contributed by atoms with van der Waals surface area (Å²) in [6.07, 6.45) is 3.54. The number of piperidine rings is 1. The summed E-state index contributed by atoms with van der Waals surface area (Å²) >= 11 is 0. The average Bonchev–Trinajstić information content (AvgIpc) is 3.04. The molecule has 2 fully saturated rings. The number of hydrogen-bond donors (Lipinski definition) is 2. The number of nitrogens with two attached hydrogens (primary N) is 1. The van der Waals surface area contributed by atoms with Gasteiger partial charge in [-0.1, -0.05) is 0 Å². The standard InChI is InChI=1S/C11H19N3O2/c1-13-10(15)9-4-2-3-5-14(9)11(16)7-6-8(7)12/h7-9H,2-6,12H2,1H3,(H,13,15). The average molecular weight is 225 g/mol. The Morgan fingerprint density at radius 2 is 2.06 bits per heavy atom. The van der Waals surface area contributed by atoms with Gasteiger partial charge in [0.05, 0.1) is 5.92 Å². The lowest BCUT2D eigenvalue weighted by Gasteiger charge is -2.34. The first-order valence-electron chi connectivity index (χ1n) is 5.93. The lowest BCUT2D eigenvalue weighted by molar-refractivity contribution is -0.143. The van der Waals surface area contributed by atoms with E-state index in [9.17, 15) is 9.59 Å². The zero-order chi connectivity index (χ0) is 11.7. The van der Waals surface area contributed by atoms with Crippen LogP contribution in [-0.4, -0.2) is 42.4 Å². The second-order valence-electron chi connectivity index (χ2n) is 4.66. The summed E-state index contributed by atoms with van der Waals surface area (Å²) < 4.78 is 0. The largest absolute Gasteiger partial charge is 0.357 e. The molecule has 0 aromatic rings. The number of nitrogens with one attached hydrogen (secondary N) is 1. The van der Waals surface area contributed by atoms with Crippen molar-refractivity contribution in [2.24, 2.45) is 11.7 Å². The molecule has 90 valence electrons. The van der Waals surface area contributed by atoms with Crippen molar-refractivity contribution < 1.29 is 9.59 Å². The molecule has 0 spiro atoms. The number of likely N-dealkylation sites (N-methyl/N-ethyl adjacent to an activating group) is 1. The number of amides is 2. The highest BCUT2D eigenvalue weighted by Crippen LogP contribution is 2.32. The molecule has 3 N–H and O–H groups in total. The van der Waals surface area contributed by atoms with Crippen LogP contribution in [0.25, 0.3) is 0 Å². The van der Waals surface area contributed by atoms with Crippen molar-refractivity contribution in [3.05, 3.63) is 0 Å². The van der Waals surface area contributed by atoms with E-state index in [-0.39, 0.29) is 29.8 Å². The summed E-state index contributed by atoms with van der Waals surface area (Å²) in [5.74, 6) is -0.0201. The lowest BCUT2D eigenvalue weighted by Crippen LogP contribution is -2.52. The van der Waals surface area contributed by atoms with E-state index in [2.05, 4.69) is 5.32 Å². The van der Waals surface area contributed by atoms with Crippen molar-refractivity contribution in [1.82, 2.24) is 10.2 Å². The zero-order valence-corrected chi connectivity index (χ0v) is 9.61. The van der Waals surface area contributed by atoms with Crippen LogP contribution in [-0.2, 0) is 9.59 Å². The highest BCUT2D eigenvalue weighted by atomic mass is 16.2. The van der Waals surface area contributed by atoms with Gasteiger partial charge in [-0.15, -0.1) is 0 Å². The van der Waals surface area contributed by atoms with Gasteiger partial charge >= 0.3 is 0 Å². The quantitative estimate of drug-likeness (QED) is 0.663. The van der Waals surface area contributed by atoms with E-state index in [0.717, 1.165) is 25.7 Å². The molecule has 0 aromatic carbocycles. The summed E-state index contributed by atoms with van der Waals surface area (Å²) in [6.45, 7) is 0.695. The second kappa shape index (κ2) is 4.41. The maximum atomic E-state index is 12.1. The number of carbonyl (C=O) groups excluding carboxylic acids is 2. The monoisotopic (exact) mass is 225 g/mol. The fourth-order valence-electron chi connectivity index (χ4n) is 2.35. The number of carbonyl (C=O) groups is 2. The molecule has 16 heavy (non-hydrogen) atoms. The molecular formula is C11H19N3O2. The van der Waals surface area contributed by atoms with Crippen molar-refractivity contribution in [1.29, 1.82) is 0 Å². The van der Waals surface area contributed by atoms with Crippen molar-refractivity contribution in [3.8, 4) is 0 Å². The van der Waals surface area contributed by atoms with Crippen LogP contribution in [0.1, 0.15) is 25.7 Å². The third kappa shape index (κ3) is 2.04. The highest BCUT2D eigenvalue weighted by molar-refractivity contribution is 5.90. The van der Waals surface area contributed by atoms with E-state index in [0.29, 0.717) is 6.54 Å². The van der Waals surface area contributed by atoms with Crippen molar-refractivity contribution in [3.63, 3.8) is 0 Å². The van der Waals surface area contributed by atoms with E-state index in [1.54, 1.807) is 11.9 Å². The van der Waals surface area contributed by atoms with Gasteiger partial charge in [0.25, 0.3) is 0 Å². The highest BCUT2D eigenvalue weighted by Gasteiger charge is 2.45. The van der Waals surface area contributed by atoms with Gasteiger partial charge in [-0.25, -0.2) is 0 Å². The molecule has 1 heterocycles. The van der Waals surface area contributed by atoms with Gasteiger partial charge in [-0.2, -0.15) is 0 Å². The van der Waals surface area contributed by atoms with Crippen LogP contribution in [0.4, 0.5) is 0 Å². The molecule has 3 atom stereocenters. The first kappa shape index (κ1) is 11.4. The van der Waals surface area contributed by atoms with E-state index < -0.39 is 0 Å². The maximum Gasteiger partial charge on any atom is 0.242 e. The number of likely N-dealkylation sites (tertiary alicyclic amines) is 1. The Kier molecular flexibility index (Phi) is 3.14. The summed E-state index contributed by atoms with van der Waals surface area (Å²) in [6, 6.07) is -0.265. The van der Waals surface area contributed by atoms with Crippen LogP contribution in [0.3, 0.4) is 0 Å². The van der Waals surface area contributed by atoms with Crippen LogP contribution in [0.15, 0.2) is 0 Å². The number of nitrogens with zero attached hydrogens (tertiary/aromatic N) is 1. The molecule has 2 rings (SSSR count). The Bertz CT molecular complexity index is 306. The predicted molar refractivity (Wildman–Crippen MR) is 59.5 cm³/mol. The summed E-state index contributed by atoms with van der Waals surface area (Å²) in [5, 5.41) is 2.63. The van der Waals surface area contributed by atoms with Gasteiger partial charge in [-0.3, -0.25) is 9.59 Å². The Morgan fingerprint density at radius 3 is 2.62 bits per heavy atom. The molecule has 5 heteroatoms. The molecule has 0 radical (unpaired) electrons. The van der Waals surface area contributed by atoms with Gasteiger partial charge in [0.1, 0.15) is 6.04 Å². The van der Waals surface area contributed by atoms with Gasteiger partial charge in [-0.05, 0) is 25.7 Å². The van der Waals surface area contributed by atoms with Crippen LogP contribution < -0.4 is 11.1 Å². The summed E-state index contributed by atoms with van der Waals surface area (Å²) in [4.78, 5) is 25.5. The molecule has 0 aromatic heterocycles. The fraction of sp³-hybridized carbons (Fsp3) is 0.818. The van der Waals surface area contributed by atoms with Crippen LogP contribution in [0, 0.1) is 5.92 Å². The van der Waals surface area contributed by atoms with Crippen molar-refractivity contribution >= 4 is 11.8 Å². The normalized spacial score (nSPS) is 33.4. The van der Waals surface area contributed by atoms with E-state index in [1.807, 2.05) is 0 Å². The second-order valence-corrected chi connectivity index (χ2v) is 4.66. The van der Waals surface area contributed by atoms with E-state index >= 15 is 0 Å². The van der Waals surface area contributed by atoms with Crippen LogP contribution in [0.2, 0.25) is 0 Å². The van der Waals surface area contributed by atoms with E-state index in [4.69, 9.17) is 5.73 Å². The minimum atomic E-state index is -0.279. The van der Waals surface area contributed by atoms with Crippen LogP contribution in [0.5, 0.6) is 0 Å². The number of rotatable bonds is 2. The molecule has 2 aliphatic rings. The third-order valence-corrected chi connectivity index (χ3v) is 3.49. The smallest absolute Gasteiger partial charge is 0.242 e. The summed E-state index contributed by atoms with van der Waals surface area (Å²) in [5.41, 5.74) is 5.68. The minimum absolute atomic E-state index is 0.0137. The van der Waals surface area contributed by atoms with Crippen LogP contribution >= 0.6 is 0 Å². The number of hydrogen-bond acceptors (Lipinski definition) is 3. The molecule has 1 aliphatic carbocycles. The Morgan fingerprint density at radius 1 is 1.38 bits per heavy atom. The Labute approximate surface area is 95.3 Å². The molecule has 1 saturated carbocycles. The summed E-state index contributed by atoms with van der Waals surface area (Å²) in [7, 11) is 1.61. The topological polar surface area (TPSA) is 75.4 Å². The van der Waals surface area contributed by atoms with Gasteiger partial charge in [0.15, 0.2) is 0 Å². The molecule has 3 unspecified atom stereocenters. The fourth-order valence-corrected chi connectivity index (χ4v) is 2.35. The molecule has 5 nitrogen and oxygen atoms in total. The van der Waals surface area contributed by atoms with Gasteiger partial charge in [0, 0.05) is 19.6 Å². The lowest BCUT2D eigenvalue weighted by atomic mass is 10.0. The predicted octanol–water partition coefficient (Wildman–Crippen LogP) is -0.539. The Balaban J connectivity index is 2.04. The molecule has 1 saturated heterocycles. The molecular weight excluding hydrogens is 206 g/mol. The first-order valence-corrected chi connectivity index (χ1v) is 5.93. The zero-order valence-electron chi connectivity index (χ0n) is 9.61. The third-order valence-electron chi connectivity index (χ3n) is 3.49. The van der Waals surface area contributed by atoms with Crippen molar-refractivity contribution in [2.75, 3.05) is 13.6 Å².